The number of hydrogen-bond acceptors (Lipinski definition) is 5. The van der Waals surface area contributed by atoms with Crippen molar-refractivity contribution >= 4 is 5.82 Å². The Hall–Kier alpha value is -1.33. The molecule has 3 rings (SSSR count). The first-order valence-electron chi connectivity index (χ1n) is 6.25. The molecule has 1 aromatic rings. The molecular weight excluding hydrogens is 232 g/mol. The minimum atomic E-state index is 0.201. The van der Waals surface area contributed by atoms with Crippen molar-refractivity contribution < 1.29 is 14.2 Å². The molecule has 18 heavy (non-hydrogen) atoms. The summed E-state index contributed by atoms with van der Waals surface area (Å²) >= 11 is 0. The molecule has 98 valence electrons. The number of nitrogens with zero attached hydrogens (tertiary/aromatic N) is 2. The zero-order valence-electron chi connectivity index (χ0n) is 10.8. The Bertz CT molecular complexity index is 438. The van der Waals surface area contributed by atoms with Crippen molar-refractivity contribution in [2.45, 2.75) is 25.5 Å². The predicted molar refractivity (Wildman–Crippen MR) is 67.0 cm³/mol. The van der Waals surface area contributed by atoms with E-state index in [-0.39, 0.29) is 6.10 Å². The Kier molecular flexibility index (Phi) is 3.09. The van der Waals surface area contributed by atoms with Gasteiger partial charge < -0.3 is 19.1 Å². The third-order valence-electron chi connectivity index (χ3n) is 3.57. The molecule has 0 radical (unpaired) electrons. The maximum absolute atomic E-state index is 5.83. The zero-order chi connectivity index (χ0) is 12.5. The van der Waals surface area contributed by atoms with Gasteiger partial charge in [0.15, 0.2) is 11.6 Å². The Labute approximate surface area is 107 Å². The van der Waals surface area contributed by atoms with Gasteiger partial charge in [0, 0.05) is 19.9 Å². The summed E-state index contributed by atoms with van der Waals surface area (Å²) in [7, 11) is 1.64. The second-order valence-electron chi connectivity index (χ2n) is 4.83. The molecule has 5 heteroatoms. The van der Waals surface area contributed by atoms with Gasteiger partial charge in [0.25, 0.3) is 0 Å². The summed E-state index contributed by atoms with van der Waals surface area (Å²) in [6, 6.07) is 2.35. The maximum Gasteiger partial charge on any atom is 0.172 e. The van der Waals surface area contributed by atoms with Gasteiger partial charge in [-0.1, -0.05) is 0 Å². The highest BCUT2D eigenvalue weighted by atomic mass is 16.7. The summed E-state index contributed by atoms with van der Waals surface area (Å²) in [5.74, 6) is 1.87. The molecule has 5 nitrogen and oxygen atoms in total. The van der Waals surface area contributed by atoms with Crippen LogP contribution in [0.25, 0.3) is 0 Å². The fourth-order valence-corrected chi connectivity index (χ4v) is 2.67. The van der Waals surface area contributed by atoms with Crippen LogP contribution in [-0.4, -0.2) is 44.2 Å². The number of aromatic nitrogens is 1. The summed E-state index contributed by atoms with van der Waals surface area (Å²) < 4.78 is 16.4. The third-order valence-corrected chi connectivity index (χ3v) is 3.57. The molecule has 0 saturated carbocycles. The average Bonchev–Trinajstić information content (AvgIpc) is 2.80. The molecule has 0 unspecified atom stereocenters. The van der Waals surface area contributed by atoms with Crippen LogP contribution in [0, 0.1) is 6.92 Å². The minimum Gasteiger partial charge on any atom is -0.487 e. The highest BCUT2D eigenvalue weighted by Crippen LogP contribution is 2.38. The van der Waals surface area contributed by atoms with Crippen LogP contribution in [0.4, 0.5) is 5.82 Å². The topological polar surface area (TPSA) is 43.8 Å². The van der Waals surface area contributed by atoms with E-state index >= 15 is 0 Å². The quantitative estimate of drug-likeness (QED) is 0.758. The largest absolute Gasteiger partial charge is 0.487 e. The van der Waals surface area contributed by atoms with Gasteiger partial charge in [-0.05, 0) is 25.0 Å². The molecule has 1 fully saturated rings. The Morgan fingerprint density at radius 1 is 1.56 bits per heavy atom. The summed E-state index contributed by atoms with van der Waals surface area (Å²) in [6.45, 7) is 3.98. The highest BCUT2D eigenvalue weighted by molar-refractivity contribution is 5.59. The van der Waals surface area contributed by atoms with E-state index in [2.05, 4.69) is 16.8 Å². The van der Waals surface area contributed by atoms with Crippen molar-refractivity contribution in [3.8, 4) is 5.75 Å². The molecule has 0 aromatic carbocycles. The first-order valence-corrected chi connectivity index (χ1v) is 6.25. The van der Waals surface area contributed by atoms with E-state index in [0.29, 0.717) is 19.4 Å². The van der Waals surface area contributed by atoms with Crippen LogP contribution >= 0.6 is 0 Å². The van der Waals surface area contributed by atoms with E-state index in [1.807, 2.05) is 12.3 Å². The lowest BCUT2D eigenvalue weighted by molar-refractivity contribution is -0.0647. The van der Waals surface area contributed by atoms with Crippen LogP contribution in [0.15, 0.2) is 12.3 Å². The average molecular weight is 250 g/mol. The number of aryl methyl sites for hydroxylation is 1. The molecule has 2 aliphatic heterocycles. The molecule has 0 bridgehead atoms. The van der Waals surface area contributed by atoms with E-state index < -0.39 is 0 Å². The van der Waals surface area contributed by atoms with Crippen molar-refractivity contribution in [1.29, 1.82) is 0 Å². The normalized spacial score (nSPS) is 25.6. The summed E-state index contributed by atoms with van der Waals surface area (Å²) in [5, 5.41) is 0. The van der Waals surface area contributed by atoms with Crippen molar-refractivity contribution in [2.24, 2.45) is 0 Å². The Balaban J connectivity index is 1.80. The van der Waals surface area contributed by atoms with Crippen molar-refractivity contribution in [3.63, 3.8) is 0 Å². The second-order valence-corrected chi connectivity index (χ2v) is 4.83. The predicted octanol–water partition coefficient (Wildman–Crippen LogP) is 1.35. The summed E-state index contributed by atoms with van der Waals surface area (Å²) in [5.41, 5.74) is 1.14. The van der Waals surface area contributed by atoms with Crippen molar-refractivity contribution in [3.05, 3.63) is 17.8 Å². The minimum absolute atomic E-state index is 0.201. The number of pyridine rings is 1. The van der Waals surface area contributed by atoms with Crippen LogP contribution in [-0.2, 0) is 9.47 Å². The van der Waals surface area contributed by atoms with Gasteiger partial charge >= 0.3 is 0 Å². The lowest BCUT2D eigenvalue weighted by atomic mass is 10.1. The number of methoxy groups -OCH3 is 1. The number of fused-ring (bicyclic) bond motifs is 3. The van der Waals surface area contributed by atoms with Crippen LogP contribution in [0.1, 0.15) is 12.0 Å². The SMILES string of the molecule is COCO[C@H]1C[C@H]2COc3c(C)ccnc3N2C1. The molecule has 1 aromatic heterocycles. The monoisotopic (exact) mass is 250 g/mol. The molecule has 0 N–H and O–H groups in total. The lowest BCUT2D eigenvalue weighted by Gasteiger charge is -2.32. The van der Waals surface area contributed by atoms with Crippen molar-refractivity contribution in [2.75, 3.05) is 32.0 Å². The molecule has 2 aliphatic rings. The molecule has 1 saturated heterocycles. The Morgan fingerprint density at radius 3 is 3.28 bits per heavy atom. The fourth-order valence-electron chi connectivity index (χ4n) is 2.67. The highest BCUT2D eigenvalue weighted by Gasteiger charge is 2.38. The molecule has 0 aliphatic carbocycles. The molecule has 0 spiro atoms. The lowest BCUT2D eigenvalue weighted by Crippen LogP contribution is -2.39. The number of ether oxygens (including phenoxy) is 3. The van der Waals surface area contributed by atoms with Gasteiger partial charge in [-0.15, -0.1) is 0 Å². The van der Waals surface area contributed by atoms with Crippen LogP contribution in [0.2, 0.25) is 0 Å². The summed E-state index contributed by atoms with van der Waals surface area (Å²) in [6.07, 6.45) is 3.01. The Morgan fingerprint density at radius 2 is 2.44 bits per heavy atom. The van der Waals surface area contributed by atoms with E-state index in [0.717, 1.165) is 30.1 Å². The van der Waals surface area contributed by atoms with Crippen LogP contribution in [0.5, 0.6) is 5.75 Å². The fraction of sp³-hybridized carbons (Fsp3) is 0.615. The third kappa shape index (κ3) is 1.93. The van der Waals surface area contributed by atoms with Gasteiger partial charge in [0.2, 0.25) is 0 Å². The van der Waals surface area contributed by atoms with Gasteiger partial charge in [0.1, 0.15) is 13.4 Å². The van der Waals surface area contributed by atoms with Crippen molar-refractivity contribution in [1.82, 2.24) is 4.98 Å². The van der Waals surface area contributed by atoms with Crippen LogP contribution < -0.4 is 9.64 Å². The van der Waals surface area contributed by atoms with Gasteiger partial charge in [-0.25, -0.2) is 4.98 Å². The second kappa shape index (κ2) is 4.74. The van der Waals surface area contributed by atoms with Crippen LogP contribution in [0.3, 0.4) is 0 Å². The summed E-state index contributed by atoms with van der Waals surface area (Å²) in [4.78, 5) is 6.75. The van der Waals surface area contributed by atoms with E-state index in [4.69, 9.17) is 14.2 Å². The first kappa shape index (κ1) is 11.7. The number of anilines is 1. The molecule has 2 atom stereocenters. The van der Waals surface area contributed by atoms with E-state index in [9.17, 15) is 0 Å². The van der Waals surface area contributed by atoms with Gasteiger partial charge in [0.05, 0.1) is 12.1 Å². The number of hydrogen-bond donors (Lipinski definition) is 0. The standard InChI is InChI=1S/C13H18N2O3/c1-9-3-4-14-13-12(9)17-7-10-5-11(6-15(10)13)18-8-16-2/h3-4,10-11H,5-8H2,1-2H3/t10-,11-/m0/s1. The van der Waals surface area contributed by atoms with E-state index in [1.165, 1.54) is 0 Å². The molecule has 3 heterocycles. The van der Waals surface area contributed by atoms with Gasteiger partial charge in [-0.2, -0.15) is 0 Å². The molecular formula is C13H18N2O3. The first-order chi connectivity index (χ1) is 8.79. The van der Waals surface area contributed by atoms with E-state index in [1.54, 1.807) is 7.11 Å². The smallest absolute Gasteiger partial charge is 0.172 e. The number of rotatable bonds is 3. The van der Waals surface area contributed by atoms with Gasteiger partial charge in [-0.3, -0.25) is 0 Å². The zero-order valence-corrected chi connectivity index (χ0v) is 10.8. The maximum atomic E-state index is 5.83. The molecule has 0 amide bonds.